The van der Waals surface area contributed by atoms with Gasteiger partial charge in [0.25, 0.3) is 5.91 Å². The maximum Gasteiger partial charge on any atom is 0.270 e. The number of primary amides is 1. The fraction of sp³-hybridized carbons (Fsp3) is 0.190. The molecule has 9 heteroatoms. The Morgan fingerprint density at radius 1 is 1.17 bits per heavy atom. The van der Waals surface area contributed by atoms with Crippen molar-refractivity contribution in [1.29, 1.82) is 0 Å². The molecule has 0 aliphatic heterocycles. The van der Waals surface area contributed by atoms with Gasteiger partial charge in [-0.15, -0.1) is 0 Å². The van der Waals surface area contributed by atoms with Crippen LogP contribution in [0.1, 0.15) is 29.9 Å². The Morgan fingerprint density at radius 2 is 1.87 bits per heavy atom. The Bertz CT molecular complexity index is 1250. The minimum atomic E-state index is -0.942. The van der Waals surface area contributed by atoms with Crippen molar-refractivity contribution in [3.8, 4) is 16.5 Å². The van der Waals surface area contributed by atoms with Gasteiger partial charge in [0.15, 0.2) is 11.6 Å². The zero-order valence-corrected chi connectivity index (χ0v) is 17.5. The average Bonchev–Trinajstić information content (AvgIpc) is 3.22. The second kappa shape index (κ2) is 7.12. The van der Waals surface area contributed by atoms with Crippen molar-refractivity contribution in [2.24, 2.45) is 12.8 Å². The minimum absolute atomic E-state index is 0.124. The lowest BCUT2D eigenvalue weighted by Crippen LogP contribution is -2.14. The number of nitrogens with one attached hydrogen (secondary N) is 1. The van der Waals surface area contributed by atoms with Gasteiger partial charge in [0, 0.05) is 18.8 Å². The van der Waals surface area contributed by atoms with E-state index in [0.29, 0.717) is 26.7 Å². The fourth-order valence-electron chi connectivity index (χ4n) is 3.10. The molecule has 0 atom stereocenters. The van der Waals surface area contributed by atoms with Gasteiger partial charge in [-0.1, -0.05) is 35.6 Å². The van der Waals surface area contributed by atoms with Crippen molar-refractivity contribution in [1.82, 2.24) is 14.5 Å². The third-order valence-corrected chi connectivity index (χ3v) is 5.78. The number of nitrogens with zero attached hydrogens (tertiary/aromatic N) is 3. The maximum absolute atomic E-state index is 11.9. The summed E-state index contributed by atoms with van der Waals surface area (Å²) in [6.45, 7) is 3.43. The highest BCUT2D eigenvalue weighted by Gasteiger charge is 2.20. The molecule has 3 heterocycles. The number of aliphatic hydroxyl groups is 1. The SMILES string of the molecule is Cn1cc2nc(Nc3sc(-c4ccc(C(C)(C)O)cc4)nc3C(N)=O)ccc2c1O. The summed E-state index contributed by atoms with van der Waals surface area (Å²) in [6, 6.07) is 10.8. The molecule has 3 aromatic heterocycles. The van der Waals surface area contributed by atoms with Gasteiger partial charge in [0.1, 0.15) is 15.8 Å². The van der Waals surface area contributed by atoms with Crippen molar-refractivity contribution in [3.63, 3.8) is 0 Å². The summed E-state index contributed by atoms with van der Waals surface area (Å²) in [6.07, 6.45) is 1.72. The quantitative estimate of drug-likeness (QED) is 0.389. The molecule has 4 rings (SSSR count). The molecule has 154 valence electrons. The Morgan fingerprint density at radius 3 is 2.50 bits per heavy atom. The van der Waals surface area contributed by atoms with Gasteiger partial charge in [-0.25, -0.2) is 9.97 Å². The Hall–Kier alpha value is -3.43. The van der Waals surface area contributed by atoms with Gasteiger partial charge in [0.05, 0.1) is 16.5 Å². The minimum Gasteiger partial charge on any atom is -0.494 e. The molecular formula is C21H21N5O3S. The largest absolute Gasteiger partial charge is 0.494 e. The van der Waals surface area contributed by atoms with Crippen molar-refractivity contribution >= 4 is 39.0 Å². The standard InChI is InChI=1S/C21H21N5O3S/c1-21(2,29)12-6-4-11(5-7-12)18-25-16(17(22)27)19(30-18)24-15-9-8-13-14(23-15)10-26(3)20(13)28/h4-10,28-29H,1-3H3,(H2,22,27)(H,23,24). The van der Waals surface area contributed by atoms with Crippen molar-refractivity contribution in [2.75, 3.05) is 5.32 Å². The summed E-state index contributed by atoms with van der Waals surface area (Å²) in [7, 11) is 1.73. The van der Waals surface area contributed by atoms with Crippen LogP contribution in [0.25, 0.3) is 21.5 Å². The molecule has 0 unspecified atom stereocenters. The first-order valence-electron chi connectivity index (χ1n) is 9.19. The van der Waals surface area contributed by atoms with E-state index in [1.54, 1.807) is 43.8 Å². The Kier molecular flexibility index (Phi) is 4.71. The first-order valence-corrected chi connectivity index (χ1v) is 10.0. The second-order valence-corrected chi connectivity index (χ2v) is 8.51. The summed E-state index contributed by atoms with van der Waals surface area (Å²) < 4.78 is 1.58. The van der Waals surface area contributed by atoms with Gasteiger partial charge >= 0.3 is 0 Å². The highest BCUT2D eigenvalue weighted by Crippen LogP contribution is 2.35. The van der Waals surface area contributed by atoms with Gasteiger partial charge in [0.2, 0.25) is 0 Å². The van der Waals surface area contributed by atoms with E-state index in [9.17, 15) is 15.0 Å². The molecular weight excluding hydrogens is 402 g/mol. The lowest BCUT2D eigenvalue weighted by Gasteiger charge is -2.17. The summed E-state index contributed by atoms with van der Waals surface area (Å²) in [5, 5.41) is 25.0. The number of fused-ring (bicyclic) bond motifs is 1. The fourth-order valence-corrected chi connectivity index (χ4v) is 4.08. The van der Waals surface area contributed by atoms with E-state index >= 15 is 0 Å². The number of nitrogens with two attached hydrogens (primary N) is 1. The number of hydrogen-bond donors (Lipinski definition) is 4. The van der Waals surface area contributed by atoms with Crippen LogP contribution in [0.3, 0.4) is 0 Å². The molecule has 1 aromatic carbocycles. The van der Waals surface area contributed by atoms with Crippen LogP contribution in [-0.4, -0.2) is 30.7 Å². The lowest BCUT2D eigenvalue weighted by atomic mass is 9.97. The number of anilines is 2. The smallest absolute Gasteiger partial charge is 0.270 e. The molecule has 8 nitrogen and oxygen atoms in total. The van der Waals surface area contributed by atoms with Crippen LogP contribution < -0.4 is 11.1 Å². The zero-order valence-electron chi connectivity index (χ0n) is 16.7. The van der Waals surface area contributed by atoms with Crippen LogP contribution in [0, 0.1) is 0 Å². The van der Waals surface area contributed by atoms with Gasteiger partial charge in [-0.05, 0) is 31.5 Å². The Balaban J connectivity index is 1.68. The first-order chi connectivity index (χ1) is 14.1. The van der Waals surface area contributed by atoms with E-state index in [4.69, 9.17) is 5.73 Å². The number of rotatable bonds is 5. The number of carbonyl (C=O) groups excluding carboxylic acids is 1. The molecule has 5 N–H and O–H groups in total. The topological polar surface area (TPSA) is 126 Å². The normalized spacial score (nSPS) is 11.7. The zero-order chi connectivity index (χ0) is 21.6. The van der Waals surface area contributed by atoms with E-state index < -0.39 is 11.5 Å². The number of aromatic nitrogens is 3. The van der Waals surface area contributed by atoms with Crippen LogP contribution in [0.15, 0.2) is 42.6 Å². The number of aryl methyl sites for hydroxylation is 1. The molecule has 0 fully saturated rings. The van der Waals surface area contributed by atoms with Crippen LogP contribution in [0.5, 0.6) is 5.88 Å². The predicted octanol–water partition coefficient (Wildman–Crippen LogP) is 3.47. The number of benzene rings is 1. The van der Waals surface area contributed by atoms with Gasteiger partial charge < -0.3 is 25.8 Å². The van der Waals surface area contributed by atoms with Crippen LogP contribution >= 0.6 is 11.3 Å². The number of thiazole rings is 1. The molecule has 0 aliphatic carbocycles. The molecule has 0 bridgehead atoms. The summed E-state index contributed by atoms with van der Waals surface area (Å²) in [5.74, 6) is -0.00817. The molecule has 30 heavy (non-hydrogen) atoms. The van der Waals surface area contributed by atoms with Crippen molar-refractivity contribution in [2.45, 2.75) is 19.4 Å². The predicted molar refractivity (Wildman–Crippen MR) is 117 cm³/mol. The maximum atomic E-state index is 11.9. The molecule has 0 radical (unpaired) electrons. The summed E-state index contributed by atoms with van der Waals surface area (Å²) in [5.41, 5.74) is 6.91. The van der Waals surface area contributed by atoms with Crippen LogP contribution in [0.2, 0.25) is 0 Å². The number of hydrogen-bond acceptors (Lipinski definition) is 7. The third-order valence-electron chi connectivity index (χ3n) is 4.76. The highest BCUT2D eigenvalue weighted by atomic mass is 32.1. The molecule has 0 saturated carbocycles. The monoisotopic (exact) mass is 423 g/mol. The number of aromatic hydroxyl groups is 1. The molecule has 4 aromatic rings. The van der Waals surface area contributed by atoms with E-state index in [2.05, 4.69) is 15.3 Å². The van der Waals surface area contributed by atoms with E-state index in [1.165, 1.54) is 11.3 Å². The number of pyridine rings is 1. The summed E-state index contributed by atoms with van der Waals surface area (Å²) >= 11 is 1.28. The third kappa shape index (κ3) is 3.60. The van der Waals surface area contributed by atoms with Gasteiger partial charge in [-0.2, -0.15) is 0 Å². The van der Waals surface area contributed by atoms with E-state index in [-0.39, 0.29) is 11.6 Å². The molecule has 1 amide bonds. The van der Waals surface area contributed by atoms with Crippen molar-refractivity contribution < 1.29 is 15.0 Å². The molecule has 0 spiro atoms. The molecule has 0 aliphatic rings. The molecule has 0 saturated heterocycles. The van der Waals surface area contributed by atoms with Crippen LogP contribution in [0.4, 0.5) is 10.8 Å². The van der Waals surface area contributed by atoms with E-state index in [1.807, 2.05) is 24.3 Å². The number of carbonyl (C=O) groups is 1. The van der Waals surface area contributed by atoms with Crippen molar-refractivity contribution in [3.05, 3.63) is 53.9 Å². The number of amides is 1. The highest BCUT2D eigenvalue weighted by molar-refractivity contribution is 7.19. The lowest BCUT2D eigenvalue weighted by molar-refractivity contribution is 0.0786. The van der Waals surface area contributed by atoms with Crippen LogP contribution in [-0.2, 0) is 12.6 Å². The second-order valence-electron chi connectivity index (χ2n) is 7.52. The van der Waals surface area contributed by atoms with E-state index in [0.717, 1.165) is 11.1 Å². The average molecular weight is 423 g/mol. The first kappa shape index (κ1) is 19.9. The van der Waals surface area contributed by atoms with Gasteiger partial charge in [-0.3, -0.25) is 4.79 Å². The summed E-state index contributed by atoms with van der Waals surface area (Å²) in [4.78, 5) is 20.8. The Labute approximate surface area is 176 Å².